The number of rotatable bonds is 2. The van der Waals surface area contributed by atoms with Crippen LogP contribution in [0, 0.1) is 11.8 Å². The van der Waals surface area contributed by atoms with Gasteiger partial charge in [0.2, 0.25) is 0 Å². The van der Waals surface area contributed by atoms with E-state index in [0.29, 0.717) is 11.1 Å². The molecule has 0 unspecified atom stereocenters. The number of nitrogens with zero attached hydrogens (tertiary/aromatic N) is 3. The van der Waals surface area contributed by atoms with E-state index in [0.717, 1.165) is 23.2 Å². The van der Waals surface area contributed by atoms with Crippen molar-refractivity contribution in [3.63, 3.8) is 0 Å². The Balaban J connectivity index is 1.84. The maximum atomic E-state index is 6.10. The molecule has 1 aliphatic rings. The number of fused-ring (bicyclic) bond motifs is 1. The van der Waals surface area contributed by atoms with Crippen LogP contribution in [-0.2, 0) is 0 Å². The first-order chi connectivity index (χ1) is 9.16. The molecule has 0 saturated heterocycles. The molecule has 0 atom stereocenters. The van der Waals surface area contributed by atoms with E-state index in [9.17, 15) is 0 Å². The van der Waals surface area contributed by atoms with Gasteiger partial charge in [-0.3, -0.25) is 4.40 Å². The Kier molecular flexibility index (Phi) is 3.48. The predicted molar refractivity (Wildman–Crippen MR) is 77.5 cm³/mol. The predicted octanol–water partition coefficient (Wildman–Crippen LogP) is 4.31. The fourth-order valence-corrected chi connectivity index (χ4v) is 3.46. The van der Waals surface area contributed by atoms with Crippen LogP contribution in [0.5, 0.6) is 0 Å². The summed E-state index contributed by atoms with van der Waals surface area (Å²) in [6.07, 6.45) is 10.7. The second-order valence-corrected chi connectivity index (χ2v) is 6.30. The number of aromatic nitrogens is 3. The summed E-state index contributed by atoms with van der Waals surface area (Å²) in [6.45, 7) is 4.67. The maximum Gasteiger partial charge on any atom is 0.154 e. The molecule has 2 heterocycles. The molecular weight excluding hydrogens is 258 g/mol. The minimum absolute atomic E-state index is 0.539. The summed E-state index contributed by atoms with van der Waals surface area (Å²) in [7, 11) is 0. The van der Waals surface area contributed by atoms with Crippen molar-refractivity contribution in [1.82, 2.24) is 14.4 Å². The van der Waals surface area contributed by atoms with Crippen molar-refractivity contribution in [1.29, 1.82) is 0 Å². The van der Waals surface area contributed by atoms with E-state index in [-0.39, 0.29) is 0 Å². The first kappa shape index (κ1) is 12.9. The van der Waals surface area contributed by atoms with Crippen LogP contribution in [0.3, 0.4) is 0 Å². The highest BCUT2D eigenvalue weighted by Crippen LogP contribution is 2.38. The van der Waals surface area contributed by atoms with Gasteiger partial charge in [0.25, 0.3) is 0 Å². The summed E-state index contributed by atoms with van der Waals surface area (Å²) >= 11 is 6.10. The lowest BCUT2D eigenvalue weighted by Gasteiger charge is -2.30. The monoisotopic (exact) mass is 277 g/mol. The van der Waals surface area contributed by atoms with E-state index in [4.69, 9.17) is 11.6 Å². The molecule has 0 spiro atoms. The van der Waals surface area contributed by atoms with Crippen LogP contribution in [0.25, 0.3) is 5.52 Å². The molecule has 0 aliphatic heterocycles. The van der Waals surface area contributed by atoms with E-state index >= 15 is 0 Å². The molecule has 1 aliphatic carbocycles. The van der Waals surface area contributed by atoms with Crippen molar-refractivity contribution in [2.45, 2.75) is 45.4 Å². The van der Waals surface area contributed by atoms with Crippen molar-refractivity contribution >= 4 is 17.1 Å². The highest BCUT2D eigenvalue weighted by Gasteiger charge is 2.26. The van der Waals surface area contributed by atoms with Gasteiger partial charge in [-0.2, -0.15) is 0 Å². The number of hydrogen-bond donors (Lipinski definition) is 0. The Morgan fingerprint density at radius 3 is 2.63 bits per heavy atom. The summed E-state index contributed by atoms with van der Waals surface area (Å²) in [4.78, 5) is 8.69. The van der Waals surface area contributed by atoms with Crippen molar-refractivity contribution in [2.24, 2.45) is 11.8 Å². The third-order valence-electron chi connectivity index (χ3n) is 4.52. The van der Waals surface area contributed by atoms with E-state index < -0.39 is 0 Å². The minimum Gasteiger partial charge on any atom is -0.299 e. The first-order valence-corrected chi connectivity index (χ1v) is 7.52. The van der Waals surface area contributed by atoms with Gasteiger partial charge in [-0.25, -0.2) is 9.97 Å². The normalized spacial score (nSPS) is 24.2. The summed E-state index contributed by atoms with van der Waals surface area (Å²) in [5.74, 6) is 3.40. The third kappa shape index (κ3) is 2.36. The van der Waals surface area contributed by atoms with Gasteiger partial charge in [0.15, 0.2) is 5.15 Å². The summed E-state index contributed by atoms with van der Waals surface area (Å²) in [6, 6.07) is 0. The van der Waals surface area contributed by atoms with Crippen LogP contribution < -0.4 is 0 Å². The molecule has 3 nitrogen and oxygen atoms in total. The van der Waals surface area contributed by atoms with Gasteiger partial charge in [-0.05, 0) is 37.5 Å². The molecule has 1 saturated carbocycles. The van der Waals surface area contributed by atoms with Crippen LogP contribution in [0.1, 0.15) is 51.3 Å². The lowest BCUT2D eigenvalue weighted by atomic mass is 9.77. The highest BCUT2D eigenvalue weighted by molar-refractivity contribution is 6.32. The molecule has 0 amide bonds. The van der Waals surface area contributed by atoms with Crippen LogP contribution in [0.15, 0.2) is 18.6 Å². The molecule has 102 valence electrons. The molecule has 4 heteroatoms. The highest BCUT2D eigenvalue weighted by atomic mass is 35.5. The quantitative estimate of drug-likeness (QED) is 0.819. The second kappa shape index (κ2) is 5.12. The van der Waals surface area contributed by atoms with Crippen LogP contribution in [0.4, 0.5) is 0 Å². The summed E-state index contributed by atoms with van der Waals surface area (Å²) < 4.78 is 2.11. The topological polar surface area (TPSA) is 30.2 Å². The van der Waals surface area contributed by atoms with Gasteiger partial charge in [0.1, 0.15) is 11.3 Å². The lowest BCUT2D eigenvalue weighted by Crippen LogP contribution is -2.18. The Morgan fingerprint density at radius 1 is 1.21 bits per heavy atom. The van der Waals surface area contributed by atoms with E-state index in [1.807, 2.05) is 12.4 Å². The molecule has 0 radical (unpaired) electrons. The molecule has 19 heavy (non-hydrogen) atoms. The largest absolute Gasteiger partial charge is 0.299 e. The van der Waals surface area contributed by atoms with Crippen LogP contribution in [-0.4, -0.2) is 14.4 Å². The zero-order valence-corrected chi connectivity index (χ0v) is 12.3. The van der Waals surface area contributed by atoms with Gasteiger partial charge in [0, 0.05) is 18.3 Å². The molecule has 0 bridgehead atoms. The Bertz CT molecular complexity index is 568. The average molecular weight is 278 g/mol. The van der Waals surface area contributed by atoms with Gasteiger partial charge in [-0.15, -0.1) is 0 Å². The van der Waals surface area contributed by atoms with Crippen molar-refractivity contribution < 1.29 is 0 Å². The van der Waals surface area contributed by atoms with E-state index in [1.54, 1.807) is 6.20 Å². The van der Waals surface area contributed by atoms with Crippen molar-refractivity contribution in [3.05, 3.63) is 29.6 Å². The van der Waals surface area contributed by atoms with Crippen molar-refractivity contribution in [2.75, 3.05) is 0 Å². The Labute approximate surface area is 119 Å². The lowest BCUT2D eigenvalue weighted by molar-refractivity contribution is 0.254. The Morgan fingerprint density at radius 2 is 1.95 bits per heavy atom. The fourth-order valence-electron chi connectivity index (χ4n) is 3.26. The molecule has 2 aromatic heterocycles. The number of imidazole rings is 1. The van der Waals surface area contributed by atoms with Crippen molar-refractivity contribution in [3.8, 4) is 0 Å². The van der Waals surface area contributed by atoms with Crippen LogP contribution in [0.2, 0.25) is 5.15 Å². The van der Waals surface area contributed by atoms with Gasteiger partial charge < -0.3 is 0 Å². The Hall–Kier alpha value is -1.09. The molecule has 3 rings (SSSR count). The maximum absolute atomic E-state index is 6.10. The zero-order chi connectivity index (χ0) is 13.4. The van der Waals surface area contributed by atoms with Gasteiger partial charge in [-0.1, -0.05) is 25.4 Å². The summed E-state index contributed by atoms with van der Waals surface area (Å²) in [5.41, 5.74) is 0.921. The number of halogens is 1. The molecule has 2 aromatic rings. The minimum atomic E-state index is 0.539. The smallest absolute Gasteiger partial charge is 0.154 e. The average Bonchev–Trinajstić information content (AvgIpc) is 2.84. The van der Waals surface area contributed by atoms with E-state index in [2.05, 4.69) is 28.2 Å². The molecule has 0 aromatic carbocycles. The summed E-state index contributed by atoms with van der Waals surface area (Å²) in [5, 5.41) is 0.539. The second-order valence-electron chi connectivity index (χ2n) is 5.95. The van der Waals surface area contributed by atoms with Crippen LogP contribution >= 0.6 is 11.6 Å². The SMILES string of the molecule is CC(C)C1CCC(c2ncc3c(Cl)nccn23)CC1. The van der Waals surface area contributed by atoms with E-state index in [1.165, 1.54) is 25.7 Å². The van der Waals surface area contributed by atoms with Gasteiger partial charge in [0.05, 0.1) is 6.20 Å². The zero-order valence-electron chi connectivity index (χ0n) is 11.5. The number of hydrogen-bond acceptors (Lipinski definition) is 2. The first-order valence-electron chi connectivity index (χ1n) is 7.14. The third-order valence-corrected chi connectivity index (χ3v) is 4.81. The fraction of sp³-hybridized carbons (Fsp3) is 0.600. The molecule has 0 N–H and O–H groups in total. The standard InChI is InChI=1S/C15H20ClN3/c1-10(2)11-3-5-12(6-4-11)15-18-9-13-14(16)17-7-8-19(13)15/h7-12H,3-6H2,1-2H3. The molecule has 1 fully saturated rings. The molecular formula is C15H20ClN3. The van der Waals surface area contributed by atoms with Gasteiger partial charge >= 0.3 is 0 Å².